The van der Waals surface area contributed by atoms with Gasteiger partial charge in [0.05, 0.1) is 0 Å². The monoisotopic (exact) mass is 324 g/mol. The Morgan fingerprint density at radius 3 is 2.26 bits per heavy atom. The lowest BCUT2D eigenvalue weighted by molar-refractivity contribution is 0.0187. The van der Waals surface area contributed by atoms with E-state index in [1.165, 1.54) is 32.1 Å². The van der Waals surface area contributed by atoms with Crippen molar-refractivity contribution in [1.29, 1.82) is 0 Å². The molecule has 2 unspecified atom stereocenters. The van der Waals surface area contributed by atoms with E-state index in [1.807, 2.05) is 20.8 Å². The average Bonchev–Trinajstić information content (AvgIpc) is 2.33. The highest BCUT2D eigenvalue weighted by Gasteiger charge is 2.43. The predicted octanol–water partition coefficient (Wildman–Crippen LogP) is 3.95. The number of hydrogen-bond donors (Lipinski definition) is 2. The first-order valence-corrected chi connectivity index (χ1v) is 9.35. The summed E-state index contributed by atoms with van der Waals surface area (Å²) < 4.78 is 5.25. The van der Waals surface area contributed by atoms with Crippen molar-refractivity contribution >= 4 is 6.09 Å². The second-order valence-corrected chi connectivity index (χ2v) is 9.27. The lowest BCUT2D eigenvalue weighted by Gasteiger charge is -2.50. The largest absolute Gasteiger partial charge is 0.444 e. The highest BCUT2D eigenvalue weighted by atomic mass is 16.6. The highest BCUT2D eigenvalue weighted by molar-refractivity contribution is 5.67. The number of carbonyl (C=O) groups is 1. The van der Waals surface area contributed by atoms with Crippen LogP contribution in [0.25, 0.3) is 0 Å². The van der Waals surface area contributed by atoms with Gasteiger partial charge in [0.15, 0.2) is 0 Å². The van der Waals surface area contributed by atoms with E-state index in [9.17, 15) is 4.79 Å². The number of nitrogens with one attached hydrogen (secondary N) is 2. The maximum absolute atomic E-state index is 11.6. The summed E-state index contributed by atoms with van der Waals surface area (Å²) in [5.41, 5.74) is 0.0634. The molecular formula is C19H36N2O2. The molecule has 0 saturated heterocycles. The van der Waals surface area contributed by atoms with Crippen molar-refractivity contribution in [2.45, 2.75) is 72.3 Å². The minimum absolute atomic E-state index is 0.324. The average molecular weight is 325 g/mol. The van der Waals surface area contributed by atoms with Gasteiger partial charge in [0, 0.05) is 19.6 Å². The number of hydrogen-bond acceptors (Lipinski definition) is 3. The van der Waals surface area contributed by atoms with Gasteiger partial charge in [0.25, 0.3) is 0 Å². The lowest BCUT2D eigenvalue weighted by atomic mass is 9.57. The van der Waals surface area contributed by atoms with Crippen molar-refractivity contribution in [2.75, 3.05) is 19.6 Å². The molecule has 2 rings (SSSR count). The molecule has 2 saturated carbocycles. The van der Waals surface area contributed by atoms with Crippen LogP contribution in [0.15, 0.2) is 0 Å². The third kappa shape index (κ3) is 5.98. The van der Waals surface area contributed by atoms with Crippen LogP contribution in [-0.4, -0.2) is 31.3 Å². The first kappa shape index (κ1) is 18.6. The maximum Gasteiger partial charge on any atom is 0.407 e. The molecule has 2 aliphatic rings. The van der Waals surface area contributed by atoms with Gasteiger partial charge in [-0.15, -0.1) is 0 Å². The molecule has 1 amide bonds. The van der Waals surface area contributed by atoms with E-state index in [0.29, 0.717) is 12.0 Å². The standard InChI is InChI=1S/C19H36N2O2/c1-14-8-16-9-15(2)11-19(10-14,12-16)13-20-6-7-21-17(22)23-18(3,4)5/h14-16,20H,6-13H2,1-5H3,(H,21,22). The topological polar surface area (TPSA) is 50.4 Å². The van der Waals surface area contributed by atoms with Crippen molar-refractivity contribution in [1.82, 2.24) is 10.6 Å². The molecule has 2 N–H and O–H groups in total. The fourth-order valence-corrected chi connectivity index (χ4v) is 5.05. The van der Waals surface area contributed by atoms with Crippen LogP contribution in [0.1, 0.15) is 66.7 Å². The fraction of sp³-hybridized carbons (Fsp3) is 0.947. The Labute approximate surface area is 142 Å². The SMILES string of the molecule is CC1CC2CC(C)CC(CNCCNC(=O)OC(C)(C)C)(C1)C2. The molecule has 4 heteroatoms. The number of amides is 1. The van der Waals surface area contributed by atoms with Crippen molar-refractivity contribution < 1.29 is 9.53 Å². The van der Waals surface area contributed by atoms with Crippen LogP contribution in [0.5, 0.6) is 0 Å². The maximum atomic E-state index is 11.6. The van der Waals surface area contributed by atoms with Crippen molar-refractivity contribution in [3.8, 4) is 0 Å². The summed E-state index contributed by atoms with van der Waals surface area (Å²) in [5, 5.41) is 6.41. The summed E-state index contributed by atoms with van der Waals surface area (Å²) in [6, 6.07) is 0. The van der Waals surface area contributed by atoms with E-state index in [1.54, 1.807) is 0 Å². The molecule has 2 atom stereocenters. The third-order valence-corrected chi connectivity index (χ3v) is 5.23. The molecule has 0 aromatic heterocycles. The van der Waals surface area contributed by atoms with Gasteiger partial charge in [-0.2, -0.15) is 0 Å². The summed E-state index contributed by atoms with van der Waals surface area (Å²) in [6.07, 6.45) is 6.64. The van der Waals surface area contributed by atoms with Crippen molar-refractivity contribution in [3.05, 3.63) is 0 Å². The minimum atomic E-state index is -0.429. The smallest absolute Gasteiger partial charge is 0.407 e. The fourth-order valence-electron chi connectivity index (χ4n) is 5.05. The number of ether oxygens (including phenoxy) is 1. The molecule has 0 heterocycles. The first-order chi connectivity index (χ1) is 10.7. The van der Waals surface area contributed by atoms with Gasteiger partial charge >= 0.3 is 6.09 Å². The summed E-state index contributed by atoms with van der Waals surface area (Å²) in [5.74, 6) is 2.66. The van der Waals surface area contributed by atoms with Gasteiger partial charge < -0.3 is 15.4 Å². The quantitative estimate of drug-likeness (QED) is 0.753. The molecule has 4 nitrogen and oxygen atoms in total. The van der Waals surface area contributed by atoms with Crippen LogP contribution >= 0.6 is 0 Å². The second kappa shape index (κ2) is 7.42. The minimum Gasteiger partial charge on any atom is -0.444 e. The van der Waals surface area contributed by atoms with Gasteiger partial charge in [-0.3, -0.25) is 0 Å². The van der Waals surface area contributed by atoms with Crippen molar-refractivity contribution in [2.24, 2.45) is 23.2 Å². The normalized spacial score (nSPS) is 34.0. The Morgan fingerprint density at radius 1 is 1.09 bits per heavy atom. The molecule has 0 aromatic carbocycles. The highest BCUT2D eigenvalue weighted by Crippen LogP contribution is 2.52. The second-order valence-electron chi connectivity index (χ2n) is 9.27. The number of rotatable bonds is 5. The van der Waals surface area contributed by atoms with E-state index in [4.69, 9.17) is 4.74 Å². The molecule has 0 aliphatic heterocycles. The van der Waals surface area contributed by atoms with Gasteiger partial charge in [0.1, 0.15) is 5.60 Å². The molecule has 2 bridgehead atoms. The summed E-state index contributed by atoms with van der Waals surface area (Å²) in [6.45, 7) is 13.0. The van der Waals surface area contributed by atoms with Crippen molar-refractivity contribution in [3.63, 3.8) is 0 Å². The Bertz CT molecular complexity index is 383. The van der Waals surface area contributed by atoms with Crippen LogP contribution in [0.2, 0.25) is 0 Å². The Kier molecular flexibility index (Phi) is 5.99. The van der Waals surface area contributed by atoms with E-state index < -0.39 is 5.60 Å². The van der Waals surface area contributed by atoms with Crippen LogP contribution in [0.3, 0.4) is 0 Å². The third-order valence-electron chi connectivity index (χ3n) is 5.23. The van der Waals surface area contributed by atoms with Gasteiger partial charge in [-0.05, 0) is 76.0 Å². The predicted molar refractivity (Wildman–Crippen MR) is 94.4 cm³/mol. The van der Waals surface area contributed by atoms with Gasteiger partial charge in [-0.25, -0.2) is 4.79 Å². The zero-order chi connectivity index (χ0) is 17.1. The zero-order valence-electron chi connectivity index (χ0n) is 15.7. The van der Waals surface area contributed by atoms with E-state index in [2.05, 4.69) is 24.5 Å². The summed E-state index contributed by atoms with van der Waals surface area (Å²) in [7, 11) is 0. The molecule has 23 heavy (non-hydrogen) atoms. The van der Waals surface area contributed by atoms with Crippen LogP contribution in [0, 0.1) is 23.2 Å². The van der Waals surface area contributed by atoms with E-state index in [-0.39, 0.29) is 6.09 Å². The number of fused-ring (bicyclic) bond motifs is 2. The van der Waals surface area contributed by atoms with Crippen LogP contribution in [0.4, 0.5) is 4.79 Å². The Hall–Kier alpha value is -0.770. The summed E-state index contributed by atoms with van der Waals surface area (Å²) >= 11 is 0. The van der Waals surface area contributed by atoms with E-state index >= 15 is 0 Å². The summed E-state index contributed by atoms with van der Waals surface area (Å²) in [4.78, 5) is 11.6. The first-order valence-electron chi connectivity index (χ1n) is 9.35. The van der Waals surface area contributed by atoms with Crippen LogP contribution in [-0.2, 0) is 4.74 Å². The molecule has 134 valence electrons. The van der Waals surface area contributed by atoms with Gasteiger partial charge in [0.2, 0.25) is 0 Å². The lowest BCUT2D eigenvalue weighted by Crippen LogP contribution is -2.46. The molecule has 2 fully saturated rings. The molecule has 2 aliphatic carbocycles. The van der Waals surface area contributed by atoms with E-state index in [0.717, 1.165) is 30.8 Å². The zero-order valence-corrected chi connectivity index (χ0v) is 15.7. The number of alkyl carbamates (subject to hydrolysis) is 1. The molecule has 0 spiro atoms. The number of carbonyl (C=O) groups excluding carboxylic acids is 1. The molecule has 0 radical (unpaired) electrons. The Morgan fingerprint density at radius 2 is 1.70 bits per heavy atom. The molecule has 0 aromatic rings. The molecular weight excluding hydrogens is 288 g/mol. The Balaban J connectivity index is 1.70. The van der Waals surface area contributed by atoms with Gasteiger partial charge in [-0.1, -0.05) is 13.8 Å². The van der Waals surface area contributed by atoms with Crippen LogP contribution < -0.4 is 10.6 Å².